The number of esters is 1. The van der Waals surface area contributed by atoms with E-state index in [0.29, 0.717) is 17.6 Å². The van der Waals surface area contributed by atoms with Gasteiger partial charge in [-0.1, -0.05) is 32.0 Å². The van der Waals surface area contributed by atoms with Gasteiger partial charge in [-0.3, -0.25) is 14.4 Å². The summed E-state index contributed by atoms with van der Waals surface area (Å²) in [4.78, 5) is 44.2. The van der Waals surface area contributed by atoms with Crippen molar-refractivity contribution in [3.63, 3.8) is 0 Å². The van der Waals surface area contributed by atoms with Crippen LogP contribution in [0.2, 0.25) is 0 Å². The lowest BCUT2D eigenvalue weighted by Gasteiger charge is -2.26. The number of aryl methyl sites for hydroxylation is 3. The first-order chi connectivity index (χ1) is 19.1. The van der Waals surface area contributed by atoms with Gasteiger partial charge in [-0.2, -0.15) is 0 Å². The molecule has 210 valence electrons. The van der Waals surface area contributed by atoms with Crippen molar-refractivity contribution in [3.8, 4) is 11.1 Å². The van der Waals surface area contributed by atoms with Crippen molar-refractivity contribution in [1.29, 1.82) is 0 Å². The van der Waals surface area contributed by atoms with Gasteiger partial charge in [0.1, 0.15) is 11.7 Å². The number of carbonyl (C=O) groups is 2. The largest absolute Gasteiger partial charge is 0.466 e. The molecule has 2 atom stereocenters. The lowest BCUT2D eigenvalue weighted by molar-refractivity contribution is -0.143. The monoisotopic (exact) mass is 542 g/mol. The number of amides is 1. The molecule has 4 aromatic rings. The van der Waals surface area contributed by atoms with Gasteiger partial charge in [0, 0.05) is 36.4 Å². The molecule has 0 aliphatic carbocycles. The van der Waals surface area contributed by atoms with Crippen LogP contribution >= 0.6 is 0 Å². The van der Waals surface area contributed by atoms with Crippen molar-refractivity contribution in [3.05, 3.63) is 93.8 Å². The average molecular weight is 543 g/mol. The Morgan fingerprint density at radius 1 is 1.05 bits per heavy atom. The molecule has 3 aromatic heterocycles. The maximum Gasteiger partial charge on any atom is 0.308 e. The van der Waals surface area contributed by atoms with E-state index in [4.69, 9.17) is 4.74 Å². The second-order valence-corrected chi connectivity index (χ2v) is 10.8. The van der Waals surface area contributed by atoms with E-state index in [0.717, 1.165) is 27.8 Å². The second kappa shape index (κ2) is 12.3. The van der Waals surface area contributed by atoms with E-state index >= 15 is 0 Å². The molecule has 0 bridgehead atoms. The third kappa shape index (κ3) is 6.33. The zero-order valence-corrected chi connectivity index (χ0v) is 24.1. The molecular formula is C32H38N4O4. The number of ether oxygens (including phenoxy) is 1. The predicted octanol–water partition coefficient (Wildman–Crippen LogP) is 5.49. The van der Waals surface area contributed by atoms with E-state index in [2.05, 4.69) is 36.3 Å². The summed E-state index contributed by atoms with van der Waals surface area (Å²) in [6, 6.07) is 10.0. The first kappa shape index (κ1) is 28.8. The topological polar surface area (TPSA) is 94.7 Å². The highest BCUT2D eigenvalue weighted by molar-refractivity contribution is 5.83. The Bertz CT molecular complexity index is 1560. The first-order valence-electron chi connectivity index (χ1n) is 13.8. The van der Waals surface area contributed by atoms with Crippen molar-refractivity contribution in [2.45, 2.75) is 66.5 Å². The Hall–Kier alpha value is -4.20. The van der Waals surface area contributed by atoms with Gasteiger partial charge in [-0.15, -0.1) is 0 Å². The highest BCUT2D eigenvalue weighted by atomic mass is 16.5. The van der Waals surface area contributed by atoms with Gasteiger partial charge in [0.05, 0.1) is 19.1 Å². The number of aromatic nitrogens is 3. The normalized spacial score (nSPS) is 12.9. The SMILES string of the molecule is CCOC(=O)CC(NC(=O)C(CC(C)C)n1ccc(C)cc1=O)c1cc(-c2c(C)cccc2C)cn2ccnc12. The number of nitrogens with zero attached hydrogens (tertiary/aromatic N) is 3. The number of hydrogen-bond donors (Lipinski definition) is 1. The Labute approximate surface area is 235 Å². The Morgan fingerprint density at radius 2 is 1.77 bits per heavy atom. The minimum absolute atomic E-state index is 0.0739. The molecule has 8 nitrogen and oxygen atoms in total. The quantitative estimate of drug-likeness (QED) is 0.268. The molecule has 3 heterocycles. The van der Waals surface area contributed by atoms with Gasteiger partial charge in [-0.05, 0) is 80.0 Å². The van der Waals surface area contributed by atoms with Crippen LogP contribution in [-0.2, 0) is 14.3 Å². The van der Waals surface area contributed by atoms with Crippen LogP contribution < -0.4 is 10.9 Å². The summed E-state index contributed by atoms with van der Waals surface area (Å²) >= 11 is 0. The minimum Gasteiger partial charge on any atom is -0.466 e. The number of pyridine rings is 2. The Balaban J connectivity index is 1.82. The number of carbonyl (C=O) groups excluding carboxylic acids is 2. The molecule has 8 heteroatoms. The van der Waals surface area contributed by atoms with E-state index in [1.165, 1.54) is 10.6 Å². The Morgan fingerprint density at radius 3 is 2.42 bits per heavy atom. The van der Waals surface area contributed by atoms with Crippen LogP contribution in [0.25, 0.3) is 16.8 Å². The van der Waals surface area contributed by atoms with Crippen LogP contribution in [0, 0.1) is 26.7 Å². The van der Waals surface area contributed by atoms with Crippen LogP contribution in [0.1, 0.15) is 68.0 Å². The fourth-order valence-electron chi connectivity index (χ4n) is 5.26. The summed E-state index contributed by atoms with van der Waals surface area (Å²) in [5, 5.41) is 3.11. The highest BCUT2D eigenvalue weighted by Gasteiger charge is 2.29. The molecule has 4 rings (SSSR count). The number of nitrogens with one attached hydrogen (secondary N) is 1. The summed E-state index contributed by atoms with van der Waals surface area (Å²) < 4.78 is 8.68. The van der Waals surface area contributed by atoms with Gasteiger partial charge in [0.15, 0.2) is 0 Å². The second-order valence-electron chi connectivity index (χ2n) is 10.8. The van der Waals surface area contributed by atoms with Gasteiger partial charge >= 0.3 is 5.97 Å². The van der Waals surface area contributed by atoms with Crippen LogP contribution in [0.5, 0.6) is 0 Å². The molecule has 0 saturated carbocycles. The fourth-order valence-corrected chi connectivity index (χ4v) is 5.26. The lowest BCUT2D eigenvalue weighted by atomic mass is 9.94. The van der Waals surface area contributed by atoms with Crippen molar-refractivity contribution in [2.24, 2.45) is 5.92 Å². The molecule has 1 amide bonds. The summed E-state index contributed by atoms with van der Waals surface area (Å²) in [6.45, 7) is 12.0. The van der Waals surface area contributed by atoms with Crippen LogP contribution in [-0.4, -0.2) is 32.4 Å². The van der Waals surface area contributed by atoms with E-state index in [1.54, 1.807) is 19.3 Å². The molecule has 0 spiro atoms. The minimum atomic E-state index is -0.740. The molecule has 1 N–H and O–H groups in total. The highest BCUT2D eigenvalue weighted by Crippen LogP contribution is 2.32. The molecule has 0 aliphatic heterocycles. The number of fused-ring (bicyclic) bond motifs is 1. The van der Waals surface area contributed by atoms with E-state index in [1.807, 2.05) is 55.8 Å². The number of rotatable bonds is 10. The number of benzene rings is 1. The molecule has 0 fully saturated rings. The van der Waals surface area contributed by atoms with Gasteiger partial charge in [0.2, 0.25) is 5.91 Å². The van der Waals surface area contributed by atoms with E-state index < -0.39 is 18.1 Å². The summed E-state index contributed by atoms with van der Waals surface area (Å²) in [6.07, 6.45) is 7.62. The lowest BCUT2D eigenvalue weighted by Crippen LogP contribution is -2.40. The van der Waals surface area contributed by atoms with E-state index in [9.17, 15) is 14.4 Å². The van der Waals surface area contributed by atoms with Crippen LogP contribution in [0.3, 0.4) is 0 Å². The van der Waals surface area contributed by atoms with Crippen molar-refractivity contribution >= 4 is 17.5 Å². The number of hydrogen-bond acceptors (Lipinski definition) is 5. The number of imidazole rings is 1. The van der Waals surface area contributed by atoms with Gasteiger partial charge in [-0.25, -0.2) is 4.98 Å². The fraction of sp³-hybridized carbons (Fsp3) is 0.375. The zero-order valence-electron chi connectivity index (χ0n) is 24.1. The maximum atomic E-state index is 13.9. The van der Waals surface area contributed by atoms with Gasteiger partial charge in [0.25, 0.3) is 5.56 Å². The zero-order chi connectivity index (χ0) is 29.0. The molecule has 0 saturated heterocycles. The van der Waals surface area contributed by atoms with Crippen molar-refractivity contribution < 1.29 is 14.3 Å². The van der Waals surface area contributed by atoms with E-state index in [-0.39, 0.29) is 30.4 Å². The van der Waals surface area contributed by atoms with Crippen LogP contribution in [0.15, 0.2) is 66.0 Å². The molecule has 40 heavy (non-hydrogen) atoms. The predicted molar refractivity (Wildman–Crippen MR) is 156 cm³/mol. The average Bonchev–Trinajstić information content (AvgIpc) is 3.35. The summed E-state index contributed by atoms with van der Waals surface area (Å²) in [5.41, 5.74) is 6.20. The Kier molecular flexibility index (Phi) is 8.87. The first-order valence-corrected chi connectivity index (χ1v) is 13.8. The third-order valence-corrected chi connectivity index (χ3v) is 7.09. The smallest absolute Gasteiger partial charge is 0.308 e. The van der Waals surface area contributed by atoms with Gasteiger partial charge < -0.3 is 19.0 Å². The molecule has 0 radical (unpaired) electrons. The molecule has 0 aliphatic rings. The van der Waals surface area contributed by atoms with Crippen molar-refractivity contribution in [2.75, 3.05) is 6.61 Å². The maximum absolute atomic E-state index is 13.9. The third-order valence-electron chi connectivity index (χ3n) is 7.09. The summed E-state index contributed by atoms with van der Waals surface area (Å²) in [7, 11) is 0. The van der Waals surface area contributed by atoms with Crippen LogP contribution in [0.4, 0.5) is 0 Å². The van der Waals surface area contributed by atoms with Crippen molar-refractivity contribution in [1.82, 2.24) is 19.3 Å². The molecule has 2 unspecified atom stereocenters. The summed E-state index contributed by atoms with van der Waals surface area (Å²) in [5.74, 6) is -0.613. The molecular weight excluding hydrogens is 504 g/mol. The molecule has 1 aromatic carbocycles. The standard InChI is InChI=1S/C32H38N4O4/c1-7-40-29(38)18-26(34-32(39)27(15-20(2)3)36-13-11-21(4)16-28(36)37)25-17-24(19-35-14-12-33-31(25)35)30-22(5)9-8-10-23(30)6/h8-14,16-17,19-20,26-27H,7,15,18H2,1-6H3,(H,34,39).